The maximum absolute atomic E-state index is 11.0. The van der Waals surface area contributed by atoms with Crippen LogP contribution in [-0.2, 0) is 16.0 Å². The van der Waals surface area contributed by atoms with Crippen LogP contribution in [0, 0.1) is 7.14 Å². The molecule has 0 saturated carbocycles. The van der Waals surface area contributed by atoms with Crippen LogP contribution in [0.4, 0.5) is 0 Å². The van der Waals surface area contributed by atoms with E-state index in [0.717, 1.165) is 0 Å². The molecular formula is C9H6I2O4. The molecule has 1 rings (SSSR count). The Bertz CT molecular complexity index is 405. The molecule has 6 heteroatoms. The third kappa shape index (κ3) is 3.30. The van der Waals surface area contributed by atoms with E-state index in [-0.39, 0.29) is 12.2 Å². The zero-order valence-corrected chi connectivity index (χ0v) is 11.6. The van der Waals surface area contributed by atoms with E-state index in [1.807, 2.05) is 45.2 Å². The molecule has 0 spiro atoms. The molecule has 0 amide bonds. The van der Waals surface area contributed by atoms with Crippen LogP contribution in [0.25, 0.3) is 0 Å². The molecule has 2 N–H and O–H groups in total. The molecule has 0 radical (unpaired) electrons. The summed E-state index contributed by atoms with van der Waals surface area (Å²) in [5, 5.41) is 17.9. The summed E-state index contributed by atoms with van der Waals surface area (Å²) in [5.41, 5.74) is 0.592. The highest BCUT2D eigenvalue weighted by molar-refractivity contribution is 14.1. The van der Waals surface area contributed by atoms with E-state index < -0.39 is 11.8 Å². The summed E-state index contributed by atoms with van der Waals surface area (Å²) in [4.78, 5) is 21.3. The van der Waals surface area contributed by atoms with Gasteiger partial charge in [-0.05, 0) is 62.9 Å². The average Bonchev–Trinajstić information content (AvgIpc) is 2.13. The molecule has 0 fully saturated rings. The van der Waals surface area contributed by atoms with E-state index in [2.05, 4.69) is 0 Å². The number of carbonyl (C=O) groups excluding carboxylic acids is 1. The fourth-order valence-electron chi connectivity index (χ4n) is 0.981. The van der Waals surface area contributed by atoms with E-state index in [1.54, 1.807) is 12.1 Å². The van der Waals surface area contributed by atoms with Crippen LogP contribution in [-0.4, -0.2) is 22.0 Å². The summed E-state index contributed by atoms with van der Waals surface area (Å²) in [6, 6.07) is 3.19. The first kappa shape index (κ1) is 12.7. The molecule has 0 unspecified atom stereocenters. The number of carboxylic acid groups (broad SMARTS) is 1. The van der Waals surface area contributed by atoms with Crippen LogP contribution in [0.3, 0.4) is 0 Å². The normalized spacial score (nSPS) is 10.0. The summed E-state index contributed by atoms with van der Waals surface area (Å²) >= 11 is 3.85. The topological polar surface area (TPSA) is 74.6 Å². The van der Waals surface area contributed by atoms with Gasteiger partial charge >= 0.3 is 5.97 Å². The number of aromatic hydroxyl groups is 1. The van der Waals surface area contributed by atoms with E-state index >= 15 is 0 Å². The van der Waals surface area contributed by atoms with Gasteiger partial charge in [-0.3, -0.25) is 4.79 Å². The number of phenols is 1. The van der Waals surface area contributed by atoms with Gasteiger partial charge in [0.15, 0.2) is 0 Å². The Kier molecular flexibility index (Phi) is 4.32. The molecule has 0 saturated heterocycles. The number of aliphatic carboxylic acids is 1. The molecule has 4 nitrogen and oxygen atoms in total. The van der Waals surface area contributed by atoms with Crippen molar-refractivity contribution in [2.75, 3.05) is 0 Å². The third-order valence-electron chi connectivity index (χ3n) is 1.68. The van der Waals surface area contributed by atoms with Crippen molar-refractivity contribution in [3.8, 4) is 5.75 Å². The lowest BCUT2D eigenvalue weighted by Gasteiger charge is -2.04. The van der Waals surface area contributed by atoms with Gasteiger partial charge in [0.25, 0.3) is 0 Å². The number of phenolic OH excluding ortho intramolecular Hbond substituents is 1. The van der Waals surface area contributed by atoms with Gasteiger partial charge in [0, 0.05) is 6.42 Å². The van der Waals surface area contributed by atoms with Crippen LogP contribution in [0.5, 0.6) is 5.75 Å². The first-order chi connectivity index (χ1) is 6.91. The van der Waals surface area contributed by atoms with Crippen molar-refractivity contribution >= 4 is 56.9 Å². The zero-order chi connectivity index (χ0) is 11.6. The van der Waals surface area contributed by atoms with Gasteiger partial charge in [-0.1, -0.05) is 0 Å². The first-order valence-corrected chi connectivity index (χ1v) is 6.00. The number of rotatable bonds is 3. The summed E-state index contributed by atoms with van der Waals surface area (Å²) in [6.45, 7) is 0. The molecule has 0 aliphatic heterocycles. The summed E-state index contributed by atoms with van der Waals surface area (Å²) in [6.07, 6.45) is -0.151. The Morgan fingerprint density at radius 2 is 1.67 bits per heavy atom. The summed E-state index contributed by atoms with van der Waals surface area (Å²) < 4.78 is 1.21. The Balaban J connectivity index is 2.98. The molecule has 0 bridgehead atoms. The molecule has 80 valence electrons. The maximum atomic E-state index is 11.0. The Labute approximate surface area is 113 Å². The van der Waals surface area contributed by atoms with Crippen molar-refractivity contribution in [2.45, 2.75) is 6.42 Å². The predicted octanol–water partition coefficient (Wildman–Crippen LogP) is 1.80. The Morgan fingerprint density at radius 1 is 1.20 bits per heavy atom. The number of halogens is 2. The van der Waals surface area contributed by atoms with Crippen LogP contribution in [0.1, 0.15) is 5.56 Å². The van der Waals surface area contributed by atoms with Crippen molar-refractivity contribution in [3.63, 3.8) is 0 Å². The molecule has 0 aliphatic rings. The van der Waals surface area contributed by atoms with Crippen molar-refractivity contribution < 1.29 is 19.8 Å². The smallest absolute Gasteiger partial charge is 0.372 e. The second-order valence-corrected chi connectivity index (χ2v) is 5.14. The van der Waals surface area contributed by atoms with Crippen molar-refractivity contribution in [3.05, 3.63) is 24.8 Å². The van der Waals surface area contributed by atoms with Gasteiger partial charge in [0.2, 0.25) is 5.78 Å². The molecule has 0 aromatic heterocycles. The highest BCUT2D eigenvalue weighted by Crippen LogP contribution is 2.27. The lowest BCUT2D eigenvalue weighted by Crippen LogP contribution is -2.15. The van der Waals surface area contributed by atoms with Crippen LogP contribution >= 0.6 is 45.2 Å². The molecule has 0 atom stereocenters. The molecule has 1 aromatic carbocycles. The molecule has 0 heterocycles. The minimum Gasteiger partial charge on any atom is -0.506 e. The minimum absolute atomic E-state index is 0.151. The second-order valence-electron chi connectivity index (χ2n) is 2.81. The highest BCUT2D eigenvalue weighted by atomic mass is 127. The van der Waals surface area contributed by atoms with Gasteiger partial charge in [-0.15, -0.1) is 0 Å². The number of hydrogen-bond donors (Lipinski definition) is 2. The Hall–Kier alpha value is -0.380. The number of benzene rings is 1. The van der Waals surface area contributed by atoms with Crippen LogP contribution in [0.2, 0.25) is 0 Å². The van der Waals surface area contributed by atoms with Crippen molar-refractivity contribution in [2.24, 2.45) is 0 Å². The van der Waals surface area contributed by atoms with Crippen molar-refractivity contribution in [1.29, 1.82) is 0 Å². The predicted molar refractivity (Wildman–Crippen MR) is 69.9 cm³/mol. The largest absolute Gasteiger partial charge is 0.506 e. The number of Topliss-reactive ketones (excluding diaryl/α,β-unsaturated/α-hetero) is 1. The van der Waals surface area contributed by atoms with Crippen LogP contribution in [0.15, 0.2) is 12.1 Å². The van der Waals surface area contributed by atoms with E-state index in [4.69, 9.17) is 5.11 Å². The standard InChI is InChI=1S/C9H6I2O4/c10-5-1-4(2-6(11)8(5)13)3-7(12)9(14)15/h1-2,13H,3H2,(H,14,15). The SMILES string of the molecule is O=C(O)C(=O)Cc1cc(I)c(O)c(I)c1. The highest BCUT2D eigenvalue weighted by Gasteiger charge is 2.14. The fraction of sp³-hybridized carbons (Fsp3) is 0.111. The lowest BCUT2D eigenvalue weighted by atomic mass is 10.1. The summed E-state index contributed by atoms with van der Waals surface area (Å²) in [5.74, 6) is -2.14. The number of carboxylic acids is 1. The first-order valence-electron chi connectivity index (χ1n) is 3.85. The van der Waals surface area contributed by atoms with Crippen molar-refractivity contribution in [1.82, 2.24) is 0 Å². The maximum Gasteiger partial charge on any atom is 0.372 e. The minimum atomic E-state index is -1.44. The van der Waals surface area contributed by atoms with Gasteiger partial charge in [0.1, 0.15) is 5.75 Å². The Morgan fingerprint density at radius 3 is 2.07 bits per heavy atom. The second kappa shape index (κ2) is 5.10. The number of carbonyl (C=O) groups is 2. The zero-order valence-electron chi connectivity index (χ0n) is 7.33. The molecule has 1 aromatic rings. The van der Waals surface area contributed by atoms with E-state index in [1.165, 1.54) is 0 Å². The fourth-order valence-corrected chi connectivity index (χ4v) is 2.88. The summed E-state index contributed by atoms with van der Waals surface area (Å²) in [7, 11) is 0. The monoisotopic (exact) mass is 432 g/mol. The number of hydrogen-bond acceptors (Lipinski definition) is 3. The molecular weight excluding hydrogens is 426 g/mol. The van der Waals surface area contributed by atoms with Gasteiger partial charge in [0.05, 0.1) is 7.14 Å². The quantitative estimate of drug-likeness (QED) is 0.565. The third-order valence-corrected chi connectivity index (χ3v) is 3.32. The van der Waals surface area contributed by atoms with Gasteiger partial charge in [-0.25, -0.2) is 4.79 Å². The average molecular weight is 432 g/mol. The van der Waals surface area contributed by atoms with Gasteiger partial charge in [-0.2, -0.15) is 0 Å². The number of ketones is 1. The molecule has 0 aliphatic carbocycles. The molecule has 15 heavy (non-hydrogen) atoms. The van der Waals surface area contributed by atoms with Crippen LogP contribution < -0.4 is 0 Å². The van der Waals surface area contributed by atoms with E-state index in [9.17, 15) is 14.7 Å². The lowest BCUT2D eigenvalue weighted by molar-refractivity contribution is -0.148. The van der Waals surface area contributed by atoms with E-state index in [0.29, 0.717) is 12.7 Å². The van der Waals surface area contributed by atoms with Gasteiger partial charge < -0.3 is 10.2 Å².